The Morgan fingerprint density at radius 2 is 1.70 bits per heavy atom. The van der Waals surface area contributed by atoms with E-state index in [0.717, 1.165) is 0 Å². The average Bonchev–Trinajstić information content (AvgIpc) is 2.22. The van der Waals surface area contributed by atoms with E-state index in [1.54, 1.807) is 27.7 Å². The maximum atomic E-state index is 11.8. The topological polar surface area (TPSA) is 75.6 Å². The SMILES string of the molecule is CC(=O)[C@H](C)[C@@H](O)[C@H](CC(C)C)NC(=O)OC(C)(C)C. The smallest absolute Gasteiger partial charge is 0.407 e. The average molecular weight is 287 g/mol. The maximum absolute atomic E-state index is 11.8. The van der Waals surface area contributed by atoms with Crippen molar-refractivity contribution in [1.82, 2.24) is 5.32 Å². The summed E-state index contributed by atoms with van der Waals surface area (Å²) in [6.45, 7) is 12.4. The van der Waals surface area contributed by atoms with Gasteiger partial charge < -0.3 is 15.2 Å². The van der Waals surface area contributed by atoms with E-state index in [1.165, 1.54) is 6.92 Å². The van der Waals surface area contributed by atoms with Crippen LogP contribution in [0.1, 0.15) is 54.9 Å². The normalized spacial score (nSPS) is 16.4. The maximum Gasteiger partial charge on any atom is 0.407 e. The number of carbonyl (C=O) groups is 2. The third kappa shape index (κ3) is 7.48. The molecule has 20 heavy (non-hydrogen) atoms. The summed E-state index contributed by atoms with van der Waals surface area (Å²) >= 11 is 0. The molecule has 0 heterocycles. The zero-order chi connectivity index (χ0) is 16.1. The lowest BCUT2D eigenvalue weighted by atomic mass is 9.90. The summed E-state index contributed by atoms with van der Waals surface area (Å²) in [4.78, 5) is 23.2. The number of amides is 1. The fraction of sp³-hybridized carbons (Fsp3) is 0.867. The molecule has 0 fully saturated rings. The Hall–Kier alpha value is -1.10. The number of aliphatic hydroxyl groups excluding tert-OH is 1. The predicted octanol–water partition coefficient (Wildman–Crippen LogP) is 2.51. The van der Waals surface area contributed by atoms with E-state index in [2.05, 4.69) is 5.32 Å². The molecule has 0 radical (unpaired) electrons. The molecule has 0 saturated carbocycles. The Balaban J connectivity index is 4.80. The number of ether oxygens (including phenoxy) is 1. The van der Waals surface area contributed by atoms with Gasteiger partial charge in [-0.05, 0) is 40.0 Å². The molecule has 5 nitrogen and oxygen atoms in total. The fourth-order valence-corrected chi connectivity index (χ4v) is 1.84. The van der Waals surface area contributed by atoms with E-state index >= 15 is 0 Å². The summed E-state index contributed by atoms with van der Waals surface area (Å²) < 4.78 is 5.19. The van der Waals surface area contributed by atoms with Gasteiger partial charge in [0.2, 0.25) is 0 Å². The molecule has 0 aromatic heterocycles. The second-order valence-corrected chi connectivity index (χ2v) is 6.77. The minimum absolute atomic E-state index is 0.0998. The van der Waals surface area contributed by atoms with Crippen LogP contribution in [-0.2, 0) is 9.53 Å². The van der Waals surface area contributed by atoms with Crippen LogP contribution in [0.15, 0.2) is 0 Å². The van der Waals surface area contributed by atoms with Gasteiger partial charge in [0.15, 0.2) is 0 Å². The largest absolute Gasteiger partial charge is 0.444 e. The Labute approximate surface area is 122 Å². The third-order valence-corrected chi connectivity index (χ3v) is 2.99. The van der Waals surface area contributed by atoms with Gasteiger partial charge in [-0.3, -0.25) is 4.79 Å². The number of rotatable bonds is 6. The van der Waals surface area contributed by atoms with Crippen molar-refractivity contribution in [3.63, 3.8) is 0 Å². The van der Waals surface area contributed by atoms with Crippen LogP contribution in [0.3, 0.4) is 0 Å². The van der Waals surface area contributed by atoms with Gasteiger partial charge in [-0.1, -0.05) is 20.8 Å². The Morgan fingerprint density at radius 3 is 2.05 bits per heavy atom. The van der Waals surface area contributed by atoms with Gasteiger partial charge in [-0.15, -0.1) is 0 Å². The van der Waals surface area contributed by atoms with Gasteiger partial charge in [0.1, 0.15) is 11.4 Å². The van der Waals surface area contributed by atoms with Crippen molar-refractivity contribution in [1.29, 1.82) is 0 Å². The number of hydrogen-bond acceptors (Lipinski definition) is 4. The van der Waals surface area contributed by atoms with Crippen LogP contribution < -0.4 is 5.32 Å². The van der Waals surface area contributed by atoms with Gasteiger partial charge in [0, 0.05) is 5.92 Å². The highest BCUT2D eigenvalue weighted by Crippen LogP contribution is 2.16. The highest BCUT2D eigenvalue weighted by atomic mass is 16.6. The summed E-state index contributed by atoms with van der Waals surface area (Å²) in [5.74, 6) is -0.338. The first-order chi connectivity index (χ1) is 8.94. The standard InChI is InChI=1S/C15H29NO4/c1-9(2)8-12(13(18)10(3)11(4)17)16-14(19)20-15(5,6)7/h9-10,12-13,18H,8H2,1-7H3,(H,16,19)/t10-,12-,13+/m0/s1. The molecule has 0 aromatic rings. The molecule has 0 aliphatic rings. The Morgan fingerprint density at radius 1 is 1.20 bits per heavy atom. The lowest BCUT2D eigenvalue weighted by Gasteiger charge is -2.30. The number of hydrogen-bond donors (Lipinski definition) is 2. The van der Waals surface area contributed by atoms with Gasteiger partial charge in [0.25, 0.3) is 0 Å². The molecular formula is C15H29NO4. The lowest BCUT2D eigenvalue weighted by Crippen LogP contribution is -2.49. The summed E-state index contributed by atoms with van der Waals surface area (Å²) in [6, 6.07) is -0.497. The van der Waals surface area contributed by atoms with Crippen LogP contribution in [0.4, 0.5) is 4.79 Å². The molecule has 3 atom stereocenters. The first-order valence-corrected chi connectivity index (χ1v) is 7.12. The molecule has 0 rings (SSSR count). The van der Waals surface area contributed by atoms with E-state index in [1.807, 2.05) is 13.8 Å². The minimum Gasteiger partial charge on any atom is -0.444 e. The van der Waals surface area contributed by atoms with Crippen molar-refractivity contribution in [3.8, 4) is 0 Å². The number of aliphatic hydroxyl groups is 1. The van der Waals surface area contributed by atoms with E-state index in [4.69, 9.17) is 4.74 Å². The van der Waals surface area contributed by atoms with Crippen LogP contribution >= 0.6 is 0 Å². The highest BCUT2D eigenvalue weighted by Gasteiger charge is 2.30. The van der Waals surface area contributed by atoms with Crippen LogP contribution in [0.2, 0.25) is 0 Å². The Kier molecular flexibility index (Phi) is 7.20. The molecule has 0 aromatic carbocycles. The number of Topliss-reactive ketones (excluding diaryl/α,β-unsaturated/α-hetero) is 1. The molecule has 0 aliphatic heterocycles. The molecule has 118 valence electrons. The summed E-state index contributed by atoms with van der Waals surface area (Å²) in [5.41, 5.74) is -0.594. The van der Waals surface area contributed by atoms with E-state index in [9.17, 15) is 14.7 Å². The van der Waals surface area contributed by atoms with Crippen LogP contribution in [0, 0.1) is 11.8 Å². The van der Waals surface area contributed by atoms with E-state index in [-0.39, 0.29) is 11.7 Å². The Bertz CT molecular complexity index is 333. The van der Waals surface area contributed by atoms with E-state index in [0.29, 0.717) is 6.42 Å². The molecule has 0 aliphatic carbocycles. The number of carbonyl (C=O) groups excluding carboxylic acids is 2. The van der Waals surface area contributed by atoms with Crippen molar-refractivity contribution >= 4 is 11.9 Å². The van der Waals surface area contributed by atoms with Crippen molar-refractivity contribution in [2.75, 3.05) is 0 Å². The first-order valence-electron chi connectivity index (χ1n) is 7.12. The molecule has 0 bridgehead atoms. The minimum atomic E-state index is -0.914. The van der Waals surface area contributed by atoms with Crippen LogP contribution in [0.25, 0.3) is 0 Å². The fourth-order valence-electron chi connectivity index (χ4n) is 1.84. The van der Waals surface area contributed by atoms with E-state index < -0.39 is 29.8 Å². The second kappa shape index (κ2) is 7.62. The number of alkyl carbamates (subject to hydrolysis) is 1. The van der Waals surface area contributed by atoms with Gasteiger partial charge in [0.05, 0.1) is 12.1 Å². The van der Waals surface area contributed by atoms with Gasteiger partial charge in [-0.25, -0.2) is 4.79 Å². The predicted molar refractivity (Wildman–Crippen MR) is 78.5 cm³/mol. The van der Waals surface area contributed by atoms with Crippen molar-refractivity contribution in [3.05, 3.63) is 0 Å². The number of ketones is 1. The molecule has 1 amide bonds. The summed E-state index contributed by atoms with van der Waals surface area (Å²) in [5, 5.41) is 12.9. The molecular weight excluding hydrogens is 258 g/mol. The quantitative estimate of drug-likeness (QED) is 0.787. The zero-order valence-corrected chi connectivity index (χ0v) is 13.7. The lowest BCUT2D eigenvalue weighted by molar-refractivity contribution is -0.124. The second-order valence-electron chi connectivity index (χ2n) is 6.77. The third-order valence-electron chi connectivity index (χ3n) is 2.99. The van der Waals surface area contributed by atoms with Crippen molar-refractivity contribution in [2.24, 2.45) is 11.8 Å². The first kappa shape index (κ1) is 18.9. The van der Waals surface area contributed by atoms with Crippen LogP contribution in [-0.4, -0.2) is 34.7 Å². The number of nitrogens with one attached hydrogen (secondary N) is 1. The summed E-state index contributed by atoms with van der Waals surface area (Å²) in [7, 11) is 0. The zero-order valence-electron chi connectivity index (χ0n) is 13.7. The molecule has 0 saturated heterocycles. The summed E-state index contributed by atoms with van der Waals surface area (Å²) in [6.07, 6.45) is -0.904. The molecule has 0 spiro atoms. The van der Waals surface area contributed by atoms with Crippen molar-refractivity contribution in [2.45, 2.75) is 72.6 Å². The van der Waals surface area contributed by atoms with Gasteiger partial charge in [-0.2, -0.15) is 0 Å². The molecule has 2 N–H and O–H groups in total. The van der Waals surface area contributed by atoms with Crippen molar-refractivity contribution < 1.29 is 19.4 Å². The highest BCUT2D eigenvalue weighted by molar-refractivity contribution is 5.78. The molecule has 5 heteroatoms. The van der Waals surface area contributed by atoms with Crippen LogP contribution in [0.5, 0.6) is 0 Å². The monoisotopic (exact) mass is 287 g/mol. The molecule has 0 unspecified atom stereocenters. The van der Waals surface area contributed by atoms with Gasteiger partial charge >= 0.3 is 6.09 Å².